The number of rotatable bonds is 4. The zero-order valence-electron chi connectivity index (χ0n) is 17.3. The van der Waals surface area contributed by atoms with E-state index in [9.17, 15) is 5.11 Å². The molecule has 4 heteroatoms. The molecule has 0 aromatic heterocycles. The maximum atomic E-state index is 12.4. The van der Waals surface area contributed by atoms with Gasteiger partial charge in [-0.25, -0.2) is 0 Å². The van der Waals surface area contributed by atoms with Gasteiger partial charge in [0.1, 0.15) is 17.6 Å². The maximum absolute atomic E-state index is 12.4. The van der Waals surface area contributed by atoms with Gasteiger partial charge in [0.05, 0.1) is 14.2 Å². The molecule has 2 aliphatic heterocycles. The SMILES string of the molecule is COc1ccc(C2=C3c4ccccc4[C@@](O)(c4ccc(OC)cc4)[C@@]34C=C[C@@H]2O4)cc1. The van der Waals surface area contributed by atoms with E-state index in [1.165, 1.54) is 0 Å². The minimum atomic E-state index is -1.34. The molecule has 1 aliphatic carbocycles. The number of benzene rings is 3. The molecule has 3 aromatic carbocycles. The van der Waals surface area contributed by atoms with Gasteiger partial charge in [-0.05, 0) is 58.2 Å². The molecule has 3 atom stereocenters. The highest BCUT2D eigenvalue weighted by atomic mass is 16.5. The van der Waals surface area contributed by atoms with Crippen LogP contribution in [-0.4, -0.2) is 31.0 Å². The fraction of sp³-hybridized carbons (Fsp3) is 0.185. The Morgan fingerprint density at radius 1 is 0.839 bits per heavy atom. The second-order valence-electron chi connectivity index (χ2n) is 8.13. The van der Waals surface area contributed by atoms with Gasteiger partial charge < -0.3 is 19.3 Å². The Bertz CT molecular complexity index is 1240. The topological polar surface area (TPSA) is 47.9 Å². The van der Waals surface area contributed by atoms with E-state index in [4.69, 9.17) is 14.2 Å². The average molecular weight is 410 g/mol. The molecule has 1 N–H and O–H groups in total. The Kier molecular flexibility index (Phi) is 3.76. The predicted octanol–water partition coefficient (Wildman–Crippen LogP) is 4.57. The van der Waals surface area contributed by atoms with Gasteiger partial charge in [-0.1, -0.05) is 54.6 Å². The molecule has 1 spiro atoms. The number of methoxy groups -OCH3 is 2. The Balaban J connectivity index is 1.62. The van der Waals surface area contributed by atoms with Crippen LogP contribution in [0, 0.1) is 0 Å². The monoisotopic (exact) mass is 410 g/mol. The van der Waals surface area contributed by atoms with Crippen molar-refractivity contribution >= 4 is 11.1 Å². The largest absolute Gasteiger partial charge is 0.497 e. The Morgan fingerprint density at radius 2 is 1.48 bits per heavy atom. The van der Waals surface area contributed by atoms with Crippen LogP contribution in [0.15, 0.2) is 84.9 Å². The fourth-order valence-electron chi connectivity index (χ4n) is 5.37. The molecule has 0 radical (unpaired) electrons. The normalized spacial score (nSPS) is 27.4. The molecule has 3 aromatic rings. The first-order valence-corrected chi connectivity index (χ1v) is 10.4. The van der Waals surface area contributed by atoms with Crippen LogP contribution >= 0.6 is 0 Å². The smallest absolute Gasteiger partial charge is 0.152 e. The van der Waals surface area contributed by atoms with Crippen molar-refractivity contribution in [2.45, 2.75) is 17.3 Å². The lowest BCUT2D eigenvalue weighted by Gasteiger charge is -2.38. The predicted molar refractivity (Wildman–Crippen MR) is 119 cm³/mol. The number of ether oxygens (including phenoxy) is 3. The molecular formula is C27H22O4. The van der Waals surface area contributed by atoms with E-state index in [1.807, 2.05) is 60.7 Å². The lowest BCUT2D eigenvalue weighted by Crippen LogP contribution is -2.47. The molecule has 3 aliphatic rings. The summed E-state index contributed by atoms with van der Waals surface area (Å²) in [6.45, 7) is 0. The zero-order chi connectivity index (χ0) is 21.2. The summed E-state index contributed by atoms with van der Waals surface area (Å²) in [5, 5.41) is 12.4. The van der Waals surface area contributed by atoms with E-state index in [-0.39, 0.29) is 6.10 Å². The van der Waals surface area contributed by atoms with Crippen molar-refractivity contribution in [1.82, 2.24) is 0 Å². The number of hydrogen-bond donors (Lipinski definition) is 1. The second-order valence-corrected chi connectivity index (χ2v) is 8.13. The summed E-state index contributed by atoms with van der Waals surface area (Å²) >= 11 is 0. The van der Waals surface area contributed by atoms with Crippen molar-refractivity contribution in [3.63, 3.8) is 0 Å². The first-order valence-electron chi connectivity index (χ1n) is 10.4. The van der Waals surface area contributed by atoms with Crippen LogP contribution in [0.3, 0.4) is 0 Å². The van der Waals surface area contributed by atoms with Gasteiger partial charge in [-0.15, -0.1) is 0 Å². The highest BCUT2D eigenvalue weighted by Gasteiger charge is 2.67. The Morgan fingerprint density at radius 3 is 2.16 bits per heavy atom. The Hall–Kier alpha value is -3.34. The molecule has 0 fully saturated rings. The minimum absolute atomic E-state index is 0.207. The third kappa shape index (κ3) is 2.21. The van der Waals surface area contributed by atoms with Crippen LogP contribution in [0.5, 0.6) is 11.5 Å². The molecule has 6 rings (SSSR count). The van der Waals surface area contributed by atoms with Crippen LogP contribution in [-0.2, 0) is 10.3 Å². The van der Waals surface area contributed by atoms with E-state index in [0.717, 1.165) is 44.9 Å². The summed E-state index contributed by atoms with van der Waals surface area (Å²) in [5.41, 5.74) is 3.55. The molecule has 0 unspecified atom stereocenters. The van der Waals surface area contributed by atoms with E-state index in [1.54, 1.807) is 14.2 Å². The number of hydrogen-bond acceptors (Lipinski definition) is 4. The summed E-state index contributed by atoms with van der Waals surface area (Å²) in [6.07, 6.45) is 3.88. The molecule has 0 amide bonds. The molecule has 0 saturated carbocycles. The third-order valence-corrected chi connectivity index (χ3v) is 6.78. The van der Waals surface area contributed by atoms with Gasteiger partial charge in [-0.2, -0.15) is 0 Å². The van der Waals surface area contributed by atoms with Crippen LogP contribution in [0.25, 0.3) is 11.1 Å². The van der Waals surface area contributed by atoms with Crippen LogP contribution < -0.4 is 9.47 Å². The molecule has 31 heavy (non-hydrogen) atoms. The van der Waals surface area contributed by atoms with Crippen LogP contribution in [0.4, 0.5) is 0 Å². The molecule has 0 saturated heterocycles. The van der Waals surface area contributed by atoms with Crippen LogP contribution in [0.2, 0.25) is 0 Å². The van der Waals surface area contributed by atoms with Gasteiger partial charge in [0.2, 0.25) is 0 Å². The summed E-state index contributed by atoms with van der Waals surface area (Å²) in [7, 11) is 3.30. The van der Waals surface area contributed by atoms with Gasteiger partial charge in [0.25, 0.3) is 0 Å². The van der Waals surface area contributed by atoms with Crippen molar-refractivity contribution in [2.24, 2.45) is 0 Å². The number of fused-ring (bicyclic) bond motifs is 3. The van der Waals surface area contributed by atoms with Crippen molar-refractivity contribution in [2.75, 3.05) is 14.2 Å². The van der Waals surface area contributed by atoms with Crippen molar-refractivity contribution in [1.29, 1.82) is 0 Å². The van der Waals surface area contributed by atoms with Crippen molar-refractivity contribution in [3.05, 3.63) is 107 Å². The first kappa shape index (κ1) is 18.4. The first-order chi connectivity index (χ1) is 15.1. The molecule has 4 nitrogen and oxygen atoms in total. The number of aliphatic hydroxyl groups is 1. The van der Waals surface area contributed by atoms with Gasteiger partial charge >= 0.3 is 0 Å². The van der Waals surface area contributed by atoms with E-state index >= 15 is 0 Å². The van der Waals surface area contributed by atoms with Crippen molar-refractivity contribution < 1.29 is 19.3 Å². The summed E-state index contributed by atoms with van der Waals surface area (Å²) in [4.78, 5) is 0. The van der Waals surface area contributed by atoms with Crippen molar-refractivity contribution in [3.8, 4) is 11.5 Å². The van der Waals surface area contributed by atoms with Gasteiger partial charge in [0.15, 0.2) is 11.2 Å². The van der Waals surface area contributed by atoms with E-state index in [2.05, 4.69) is 24.3 Å². The standard InChI is InChI=1S/C27H22O4/c1-29-19-11-7-17(8-12-19)24-23-15-16-26(31-23)25(24)21-5-3-4-6-22(21)27(26,28)18-9-13-20(30-2)14-10-18/h3-16,23,28H,1-2H3/t23-,26+,27-/m0/s1. The third-order valence-electron chi connectivity index (χ3n) is 6.78. The van der Waals surface area contributed by atoms with Gasteiger partial charge in [0, 0.05) is 5.57 Å². The lowest BCUT2D eigenvalue weighted by molar-refractivity contribution is -0.0872. The quantitative estimate of drug-likeness (QED) is 0.640. The minimum Gasteiger partial charge on any atom is -0.497 e. The molecular weight excluding hydrogens is 388 g/mol. The van der Waals surface area contributed by atoms with Crippen LogP contribution in [0.1, 0.15) is 22.3 Å². The fourth-order valence-corrected chi connectivity index (χ4v) is 5.37. The van der Waals surface area contributed by atoms with E-state index < -0.39 is 11.2 Å². The second kappa shape index (κ2) is 6.33. The zero-order valence-corrected chi connectivity index (χ0v) is 17.3. The molecule has 2 bridgehead atoms. The van der Waals surface area contributed by atoms with Gasteiger partial charge in [-0.3, -0.25) is 0 Å². The Labute approximate surface area is 181 Å². The summed E-state index contributed by atoms with van der Waals surface area (Å²) in [5.74, 6) is 1.56. The summed E-state index contributed by atoms with van der Waals surface area (Å²) < 4.78 is 17.3. The highest BCUT2D eigenvalue weighted by molar-refractivity contribution is 6.06. The molecule has 2 heterocycles. The van der Waals surface area contributed by atoms with E-state index in [0.29, 0.717) is 0 Å². The maximum Gasteiger partial charge on any atom is 0.152 e. The average Bonchev–Trinajstić information content (AvgIpc) is 3.48. The lowest BCUT2D eigenvalue weighted by atomic mass is 9.74. The highest BCUT2D eigenvalue weighted by Crippen LogP contribution is 2.66. The summed E-state index contributed by atoms with van der Waals surface area (Å²) in [6, 6.07) is 23.7. The molecule has 154 valence electrons.